The molecule has 86 valence electrons. The summed E-state index contributed by atoms with van der Waals surface area (Å²) in [5.74, 6) is -1.33. The Kier molecular flexibility index (Phi) is 18.4. The number of methoxy groups -OCH3 is 1. The summed E-state index contributed by atoms with van der Waals surface area (Å²) >= 11 is 0. The number of carbonyl (C=O) groups is 2. The first-order valence-electron chi connectivity index (χ1n) is 4.03. The number of allylic oxidation sites excluding steroid dienone is 1. The first-order chi connectivity index (χ1) is 6.87. The maximum Gasteiger partial charge on any atom is 0.332 e. The average Bonchev–Trinajstić information content (AvgIpc) is 2.18. The van der Waals surface area contributed by atoms with Gasteiger partial charge in [0, 0.05) is 11.6 Å². The van der Waals surface area contributed by atoms with Crippen LogP contribution in [-0.2, 0) is 14.3 Å². The summed E-state index contributed by atoms with van der Waals surface area (Å²) in [4.78, 5) is 19.4. The van der Waals surface area contributed by atoms with Gasteiger partial charge in [0.2, 0.25) is 0 Å². The van der Waals surface area contributed by atoms with Crippen molar-refractivity contribution in [2.24, 2.45) is 0 Å². The Labute approximate surface area is 90.6 Å². The molecule has 0 amide bonds. The molecule has 0 saturated heterocycles. The Morgan fingerprint density at radius 2 is 1.60 bits per heavy atom. The highest BCUT2D eigenvalue weighted by molar-refractivity contribution is 5.86. The summed E-state index contributed by atoms with van der Waals surface area (Å²) in [5, 5.41) is 7.60. The van der Waals surface area contributed by atoms with Crippen LogP contribution in [0.3, 0.4) is 0 Å². The average molecular weight is 214 g/mol. The lowest BCUT2D eigenvalue weighted by molar-refractivity contribution is -0.136. The molecule has 0 unspecified atom stereocenters. The van der Waals surface area contributed by atoms with Crippen molar-refractivity contribution in [3.8, 4) is 0 Å². The van der Waals surface area contributed by atoms with E-state index in [2.05, 4.69) is 24.5 Å². The highest BCUT2D eigenvalue weighted by Gasteiger charge is 1.95. The van der Waals surface area contributed by atoms with Crippen LogP contribution in [-0.4, -0.2) is 24.2 Å². The van der Waals surface area contributed by atoms with Crippen LogP contribution in [0.1, 0.15) is 13.8 Å². The fraction of sp³-hybridized carbons (Fsp3) is 0.273. The number of hydrogen-bond acceptors (Lipinski definition) is 3. The topological polar surface area (TPSA) is 63.6 Å². The van der Waals surface area contributed by atoms with Crippen LogP contribution in [0.5, 0.6) is 0 Å². The highest BCUT2D eigenvalue weighted by Crippen LogP contribution is 1.87. The minimum absolute atomic E-state index is 0.347. The van der Waals surface area contributed by atoms with Crippen molar-refractivity contribution in [3.63, 3.8) is 0 Å². The van der Waals surface area contributed by atoms with E-state index in [4.69, 9.17) is 5.11 Å². The van der Waals surface area contributed by atoms with Crippen molar-refractivity contribution < 1.29 is 19.4 Å². The van der Waals surface area contributed by atoms with Crippen LogP contribution in [0, 0.1) is 0 Å². The lowest BCUT2D eigenvalue weighted by atomic mass is 10.4. The molecule has 0 heterocycles. The second-order valence-electron chi connectivity index (χ2n) is 2.22. The Balaban J connectivity index is -0.000000158. The lowest BCUT2D eigenvalue weighted by Gasteiger charge is -1.91. The van der Waals surface area contributed by atoms with E-state index in [1.165, 1.54) is 7.11 Å². The molecule has 0 aromatic rings. The van der Waals surface area contributed by atoms with E-state index in [0.717, 1.165) is 6.08 Å². The van der Waals surface area contributed by atoms with Gasteiger partial charge in [0.25, 0.3) is 0 Å². The molecule has 4 heteroatoms. The van der Waals surface area contributed by atoms with Crippen molar-refractivity contribution >= 4 is 11.9 Å². The van der Waals surface area contributed by atoms with Gasteiger partial charge >= 0.3 is 11.9 Å². The summed E-state index contributed by atoms with van der Waals surface area (Å²) in [6, 6.07) is 0. The van der Waals surface area contributed by atoms with Gasteiger partial charge in [0.05, 0.1) is 7.11 Å². The second-order valence-corrected chi connectivity index (χ2v) is 2.22. The van der Waals surface area contributed by atoms with Crippen LogP contribution >= 0.6 is 0 Å². The number of aliphatic carboxylic acids is 1. The summed E-state index contributed by atoms with van der Waals surface area (Å²) in [5.41, 5.74) is 0.433. The van der Waals surface area contributed by atoms with E-state index in [1.54, 1.807) is 13.0 Å². The van der Waals surface area contributed by atoms with Gasteiger partial charge in [-0.3, -0.25) is 0 Å². The number of carboxylic acids is 1. The van der Waals surface area contributed by atoms with Gasteiger partial charge < -0.3 is 9.84 Å². The third-order valence-electron chi connectivity index (χ3n) is 0.708. The summed E-state index contributed by atoms with van der Waals surface area (Å²) in [7, 11) is 1.33. The zero-order valence-electron chi connectivity index (χ0n) is 9.45. The molecule has 0 fully saturated rings. The Morgan fingerprint density at radius 3 is 1.60 bits per heavy atom. The molecule has 15 heavy (non-hydrogen) atoms. The van der Waals surface area contributed by atoms with Crippen molar-refractivity contribution in [1.29, 1.82) is 0 Å². The molecule has 0 rings (SSSR count). The van der Waals surface area contributed by atoms with Gasteiger partial charge in [-0.2, -0.15) is 0 Å². The van der Waals surface area contributed by atoms with Gasteiger partial charge in [-0.1, -0.05) is 19.2 Å². The Hall–Kier alpha value is -1.84. The summed E-state index contributed by atoms with van der Waals surface area (Å²) < 4.78 is 4.27. The second kappa shape index (κ2) is 14.7. The first-order valence-corrected chi connectivity index (χ1v) is 4.03. The van der Waals surface area contributed by atoms with E-state index in [0.29, 0.717) is 5.57 Å². The molecular formula is C11H18O4. The number of rotatable bonds is 2. The molecule has 0 aliphatic carbocycles. The predicted octanol–water partition coefficient (Wildman–Crippen LogP) is 2.18. The smallest absolute Gasteiger partial charge is 0.332 e. The number of esters is 1. The van der Waals surface area contributed by atoms with E-state index in [9.17, 15) is 9.59 Å². The van der Waals surface area contributed by atoms with E-state index in [-0.39, 0.29) is 5.97 Å². The first kappa shape index (κ1) is 18.9. The molecule has 0 bridgehead atoms. The van der Waals surface area contributed by atoms with Gasteiger partial charge in [0.1, 0.15) is 0 Å². The van der Waals surface area contributed by atoms with E-state index >= 15 is 0 Å². The molecule has 0 spiro atoms. The lowest BCUT2D eigenvalue weighted by Crippen LogP contribution is -1.98. The molecule has 0 aliphatic rings. The van der Waals surface area contributed by atoms with Crippen LogP contribution in [0.4, 0.5) is 0 Å². The predicted molar refractivity (Wildman–Crippen MR) is 60.5 cm³/mol. The summed E-state index contributed by atoms with van der Waals surface area (Å²) in [6.45, 7) is 13.2. The van der Waals surface area contributed by atoms with Gasteiger partial charge in [0.15, 0.2) is 0 Å². The highest BCUT2D eigenvalue weighted by atomic mass is 16.5. The molecule has 1 N–H and O–H groups in total. The molecular weight excluding hydrogens is 196 g/mol. The molecule has 0 aromatic carbocycles. The fourth-order valence-electron chi connectivity index (χ4n) is 0.174. The van der Waals surface area contributed by atoms with Crippen LogP contribution < -0.4 is 0 Å². The van der Waals surface area contributed by atoms with E-state index < -0.39 is 5.97 Å². The maximum atomic E-state index is 10.2. The standard InChI is InChI=1S/C5H8O2.C3H4O2.C3H6/c1-4(2)5(6)7-3;1-2-3(4)5;1-3-2/h1H2,2-3H3;2H,1H2,(H,4,5);3H,1H2,2H3. The maximum absolute atomic E-state index is 10.2. The fourth-order valence-corrected chi connectivity index (χ4v) is 0.174. The minimum Gasteiger partial charge on any atom is -0.478 e. The van der Waals surface area contributed by atoms with Crippen molar-refractivity contribution in [3.05, 3.63) is 37.5 Å². The Morgan fingerprint density at radius 1 is 1.33 bits per heavy atom. The van der Waals surface area contributed by atoms with E-state index in [1.807, 2.05) is 6.92 Å². The summed E-state index contributed by atoms with van der Waals surface area (Å²) in [6.07, 6.45) is 2.58. The zero-order valence-corrected chi connectivity index (χ0v) is 9.45. The van der Waals surface area contributed by atoms with Gasteiger partial charge in [-0.25, -0.2) is 9.59 Å². The third kappa shape index (κ3) is 33.1. The van der Waals surface area contributed by atoms with Crippen LogP contribution in [0.2, 0.25) is 0 Å². The van der Waals surface area contributed by atoms with Gasteiger partial charge in [-0.15, -0.1) is 6.58 Å². The van der Waals surface area contributed by atoms with Crippen LogP contribution in [0.15, 0.2) is 37.5 Å². The quantitative estimate of drug-likeness (QED) is 0.434. The zero-order chi connectivity index (χ0) is 12.9. The number of ether oxygens (including phenoxy) is 1. The minimum atomic E-state index is -0.981. The monoisotopic (exact) mass is 214 g/mol. The number of hydrogen-bond donors (Lipinski definition) is 1. The van der Waals surface area contributed by atoms with Crippen molar-refractivity contribution in [2.45, 2.75) is 13.8 Å². The molecule has 0 radical (unpaired) electrons. The molecule has 4 nitrogen and oxygen atoms in total. The molecule has 0 aliphatic heterocycles. The Bertz CT molecular complexity index is 229. The number of carbonyl (C=O) groups excluding carboxylic acids is 1. The molecule has 0 aromatic heterocycles. The normalized spacial score (nSPS) is 6.60. The SMILES string of the molecule is C=C(C)C(=O)OC.C=CC.C=CC(=O)O. The van der Waals surface area contributed by atoms with Crippen molar-refractivity contribution in [1.82, 2.24) is 0 Å². The van der Waals surface area contributed by atoms with Crippen molar-refractivity contribution in [2.75, 3.05) is 7.11 Å². The largest absolute Gasteiger partial charge is 0.478 e. The van der Waals surface area contributed by atoms with Crippen LogP contribution in [0.25, 0.3) is 0 Å². The molecule has 0 atom stereocenters. The third-order valence-corrected chi connectivity index (χ3v) is 0.708. The number of carboxylic acid groups (broad SMARTS) is 1. The van der Waals surface area contributed by atoms with Gasteiger partial charge in [-0.05, 0) is 13.8 Å². The molecule has 0 saturated carbocycles.